The standard InChI is InChI=1S/C21H22ClN3OS/c22-17-6-7-18-19(13-17)24-21(23-18)27-14-20(26)25-10-8-16(9-11-25)12-15-4-2-1-3-5-15/h1-7,13,16H,8-12,14H2,(H,23,24). The van der Waals surface area contributed by atoms with Gasteiger partial charge in [0.2, 0.25) is 5.91 Å². The molecule has 0 atom stereocenters. The van der Waals surface area contributed by atoms with Gasteiger partial charge in [0, 0.05) is 18.1 Å². The minimum Gasteiger partial charge on any atom is -0.342 e. The average molecular weight is 400 g/mol. The number of halogens is 1. The molecular weight excluding hydrogens is 378 g/mol. The van der Waals surface area contributed by atoms with Crippen molar-refractivity contribution in [2.75, 3.05) is 18.8 Å². The van der Waals surface area contributed by atoms with Crippen LogP contribution < -0.4 is 0 Å². The van der Waals surface area contributed by atoms with Crippen LogP contribution in [0.25, 0.3) is 11.0 Å². The van der Waals surface area contributed by atoms with Gasteiger partial charge < -0.3 is 9.88 Å². The van der Waals surface area contributed by atoms with Gasteiger partial charge >= 0.3 is 0 Å². The molecule has 0 radical (unpaired) electrons. The fourth-order valence-corrected chi connectivity index (χ4v) is 4.54. The van der Waals surface area contributed by atoms with E-state index in [2.05, 4.69) is 40.3 Å². The quantitative estimate of drug-likeness (QED) is 0.627. The lowest BCUT2D eigenvalue weighted by molar-refractivity contribution is -0.129. The fourth-order valence-electron chi connectivity index (χ4n) is 3.58. The van der Waals surface area contributed by atoms with E-state index in [0.29, 0.717) is 16.7 Å². The SMILES string of the molecule is O=C(CSc1nc2ccc(Cl)cc2[nH]1)N1CCC(Cc2ccccc2)CC1. The second-order valence-electron chi connectivity index (χ2n) is 7.01. The third kappa shape index (κ3) is 4.66. The number of amides is 1. The van der Waals surface area contributed by atoms with E-state index in [9.17, 15) is 4.79 Å². The lowest BCUT2D eigenvalue weighted by atomic mass is 9.90. The van der Waals surface area contributed by atoms with Gasteiger partial charge in [-0.1, -0.05) is 53.7 Å². The Bertz CT molecular complexity index is 920. The molecule has 27 heavy (non-hydrogen) atoms. The van der Waals surface area contributed by atoms with Crippen LogP contribution in [-0.4, -0.2) is 39.6 Å². The minimum absolute atomic E-state index is 0.191. The zero-order valence-corrected chi connectivity index (χ0v) is 16.6. The maximum Gasteiger partial charge on any atom is 0.233 e. The van der Waals surface area contributed by atoms with Crippen molar-refractivity contribution in [3.05, 3.63) is 59.1 Å². The molecule has 1 aliphatic rings. The first kappa shape index (κ1) is 18.4. The van der Waals surface area contributed by atoms with Gasteiger partial charge in [0.05, 0.1) is 16.8 Å². The van der Waals surface area contributed by atoms with Crippen LogP contribution in [0.15, 0.2) is 53.7 Å². The summed E-state index contributed by atoms with van der Waals surface area (Å²) in [5.41, 5.74) is 3.16. The Labute approximate surface area is 168 Å². The topological polar surface area (TPSA) is 49.0 Å². The van der Waals surface area contributed by atoms with E-state index in [-0.39, 0.29) is 5.91 Å². The zero-order chi connectivity index (χ0) is 18.6. The van der Waals surface area contributed by atoms with Crippen LogP contribution in [0.4, 0.5) is 0 Å². The minimum atomic E-state index is 0.191. The van der Waals surface area contributed by atoms with Gasteiger partial charge in [-0.15, -0.1) is 0 Å². The predicted molar refractivity (Wildman–Crippen MR) is 111 cm³/mol. The summed E-state index contributed by atoms with van der Waals surface area (Å²) in [6.45, 7) is 1.71. The molecule has 1 aliphatic heterocycles. The Morgan fingerprint density at radius 3 is 2.74 bits per heavy atom. The highest BCUT2D eigenvalue weighted by molar-refractivity contribution is 7.99. The Morgan fingerprint density at radius 2 is 1.96 bits per heavy atom. The number of nitrogens with zero attached hydrogens (tertiary/aromatic N) is 2. The van der Waals surface area contributed by atoms with Crippen molar-refractivity contribution >= 4 is 40.3 Å². The maximum absolute atomic E-state index is 12.5. The number of rotatable bonds is 5. The van der Waals surface area contributed by atoms with Crippen LogP contribution in [0.5, 0.6) is 0 Å². The molecule has 4 rings (SSSR count). The van der Waals surface area contributed by atoms with Crippen molar-refractivity contribution in [1.82, 2.24) is 14.9 Å². The van der Waals surface area contributed by atoms with Crippen molar-refractivity contribution in [2.24, 2.45) is 5.92 Å². The Kier molecular flexibility index (Phi) is 5.69. The first-order chi connectivity index (χ1) is 13.2. The summed E-state index contributed by atoms with van der Waals surface area (Å²) >= 11 is 7.46. The van der Waals surface area contributed by atoms with Gasteiger partial charge in [-0.2, -0.15) is 0 Å². The van der Waals surface area contributed by atoms with Gasteiger partial charge in [-0.3, -0.25) is 4.79 Å². The summed E-state index contributed by atoms with van der Waals surface area (Å²) in [7, 11) is 0. The Morgan fingerprint density at radius 1 is 1.19 bits per heavy atom. The predicted octanol–water partition coefficient (Wildman–Crippen LogP) is 4.79. The molecule has 0 aliphatic carbocycles. The monoisotopic (exact) mass is 399 g/mol. The summed E-state index contributed by atoms with van der Waals surface area (Å²) in [4.78, 5) is 22.3. The smallest absolute Gasteiger partial charge is 0.233 e. The molecule has 1 amide bonds. The van der Waals surface area contributed by atoms with Crippen molar-refractivity contribution in [3.63, 3.8) is 0 Å². The van der Waals surface area contributed by atoms with Crippen LogP contribution in [0.3, 0.4) is 0 Å². The number of hydrogen-bond donors (Lipinski definition) is 1. The summed E-state index contributed by atoms with van der Waals surface area (Å²) < 4.78 is 0. The molecule has 0 bridgehead atoms. The highest BCUT2D eigenvalue weighted by Crippen LogP contribution is 2.25. The molecule has 3 aromatic rings. The highest BCUT2D eigenvalue weighted by Gasteiger charge is 2.23. The molecule has 1 aromatic heterocycles. The molecule has 2 heterocycles. The van der Waals surface area contributed by atoms with Crippen LogP contribution in [0.2, 0.25) is 5.02 Å². The highest BCUT2D eigenvalue weighted by atomic mass is 35.5. The number of imidazole rings is 1. The number of likely N-dealkylation sites (tertiary alicyclic amines) is 1. The molecule has 140 valence electrons. The number of aromatic nitrogens is 2. The molecule has 6 heteroatoms. The number of hydrogen-bond acceptors (Lipinski definition) is 3. The molecule has 1 N–H and O–H groups in total. The maximum atomic E-state index is 12.5. The number of thioether (sulfide) groups is 1. The molecule has 2 aromatic carbocycles. The Balaban J connectivity index is 1.26. The number of piperidine rings is 1. The lowest BCUT2D eigenvalue weighted by Gasteiger charge is -2.32. The van der Waals surface area contributed by atoms with Gasteiger partial charge in [0.1, 0.15) is 0 Å². The van der Waals surface area contributed by atoms with E-state index in [4.69, 9.17) is 11.6 Å². The first-order valence-corrected chi connectivity index (χ1v) is 10.6. The second kappa shape index (κ2) is 8.36. The van der Waals surface area contributed by atoms with Crippen LogP contribution in [0, 0.1) is 5.92 Å². The Hall–Kier alpha value is -1.98. The number of benzene rings is 2. The lowest BCUT2D eigenvalue weighted by Crippen LogP contribution is -2.39. The number of fused-ring (bicyclic) bond motifs is 1. The molecule has 4 nitrogen and oxygen atoms in total. The van der Waals surface area contributed by atoms with Gasteiger partial charge in [-0.05, 0) is 48.9 Å². The third-order valence-corrected chi connectivity index (χ3v) is 6.18. The average Bonchev–Trinajstić information content (AvgIpc) is 3.09. The van der Waals surface area contributed by atoms with Crippen molar-refractivity contribution < 1.29 is 4.79 Å². The summed E-state index contributed by atoms with van der Waals surface area (Å²) in [6, 6.07) is 16.2. The van der Waals surface area contributed by atoms with E-state index < -0.39 is 0 Å². The molecule has 0 unspecified atom stereocenters. The summed E-state index contributed by atoms with van der Waals surface area (Å²) in [6.07, 6.45) is 3.27. The van der Waals surface area contributed by atoms with Crippen LogP contribution in [-0.2, 0) is 11.2 Å². The van der Waals surface area contributed by atoms with E-state index >= 15 is 0 Å². The second-order valence-corrected chi connectivity index (χ2v) is 8.41. The van der Waals surface area contributed by atoms with Crippen molar-refractivity contribution in [1.29, 1.82) is 0 Å². The molecule has 1 saturated heterocycles. The van der Waals surface area contributed by atoms with E-state index in [1.807, 2.05) is 23.1 Å². The van der Waals surface area contributed by atoms with Crippen LogP contribution >= 0.6 is 23.4 Å². The largest absolute Gasteiger partial charge is 0.342 e. The normalized spacial score (nSPS) is 15.4. The van der Waals surface area contributed by atoms with Gasteiger partial charge in [-0.25, -0.2) is 4.98 Å². The number of nitrogens with one attached hydrogen (secondary N) is 1. The summed E-state index contributed by atoms with van der Waals surface area (Å²) in [5.74, 6) is 1.28. The van der Waals surface area contributed by atoms with E-state index in [0.717, 1.165) is 48.5 Å². The van der Waals surface area contributed by atoms with Crippen molar-refractivity contribution in [3.8, 4) is 0 Å². The first-order valence-electron chi connectivity index (χ1n) is 9.27. The van der Waals surface area contributed by atoms with Gasteiger partial charge in [0.25, 0.3) is 0 Å². The fraction of sp³-hybridized carbons (Fsp3) is 0.333. The number of aromatic amines is 1. The zero-order valence-electron chi connectivity index (χ0n) is 15.0. The number of carbonyl (C=O) groups excluding carboxylic acids is 1. The van der Waals surface area contributed by atoms with Crippen LogP contribution in [0.1, 0.15) is 18.4 Å². The third-order valence-electron chi connectivity index (χ3n) is 5.09. The van der Waals surface area contributed by atoms with Crippen molar-refractivity contribution in [2.45, 2.75) is 24.4 Å². The van der Waals surface area contributed by atoms with E-state index in [1.54, 1.807) is 0 Å². The number of carbonyl (C=O) groups is 1. The molecule has 0 saturated carbocycles. The molecule has 1 fully saturated rings. The summed E-state index contributed by atoms with van der Waals surface area (Å²) in [5, 5.41) is 1.44. The van der Waals surface area contributed by atoms with Gasteiger partial charge in [0.15, 0.2) is 5.16 Å². The van der Waals surface area contributed by atoms with E-state index in [1.165, 1.54) is 17.3 Å². The molecule has 0 spiro atoms. The molecular formula is C21H22ClN3OS. The number of H-pyrrole nitrogens is 1.